The molecule has 2 aliphatic heterocycles. The summed E-state index contributed by atoms with van der Waals surface area (Å²) in [6.45, 7) is 2.63. The molecule has 3 aromatic carbocycles. The van der Waals surface area contributed by atoms with E-state index in [1.807, 2.05) is 30.3 Å². The van der Waals surface area contributed by atoms with Crippen LogP contribution in [0.1, 0.15) is 58.3 Å². The molecular formula is C30H29ClF2N2O3. The zero-order chi connectivity index (χ0) is 26.8. The molecule has 4 atom stereocenters. The Labute approximate surface area is 225 Å². The highest BCUT2D eigenvalue weighted by Gasteiger charge is 2.50. The van der Waals surface area contributed by atoms with Gasteiger partial charge in [0.25, 0.3) is 5.91 Å². The smallest absolute Gasteiger partial charge is 0.251 e. The first-order chi connectivity index (χ1) is 18.3. The number of carbonyl (C=O) groups is 1. The summed E-state index contributed by atoms with van der Waals surface area (Å²) in [6, 6.07) is 12.6. The minimum atomic E-state index is -0.850. The van der Waals surface area contributed by atoms with Gasteiger partial charge in [-0.25, -0.2) is 8.78 Å². The Morgan fingerprint density at radius 2 is 1.95 bits per heavy atom. The molecule has 3 aliphatic rings. The second kappa shape index (κ2) is 9.33. The Balaban J connectivity index is 1.61. The third-order valence-electron chi connectivity index (χ3n) is 8.51. The SMILES string of the molecule is CNC(=O)c1cc2c(c(F)c1-c1c(Cl)c(F)cc3c1C[C@](c1ccccc1)([C@@H]1CCCN1)O3)C[C@H](O)[C@H]2C. The largest absolute Gasteiger partial charge is 0.480 e. The second-order valence-corrected chi connectivity index (χ2v) is 10.9. The molecule has 0 spiro atoms. The van der Waals surface area contributed by atoms with Crippen molar-refractivity contribution < 1.29 is 23.4 Å². The number of aliphatic hydroxyl groups is 1. The molecule has 1 fully saturated rings. The van der Waals surface area contributed by atoms with E-state index < -0.39 is 29.2 Å². The average molecular weight is 539 g/mol. The molecule has 0 saturated carbocycles. The van der Waals surface area contributed by atoms with E-state index in [1.54, 1.807) is 13.0 Å². The van der Waals surface area contributed by atoms with Crippen LogP contribution in [0.5, 0.6) is 5.75 Å². The molecule has 1 saturated heterocycles. The van der Waals surface area contributed by atoms with E-state index in [0.29, 0.717) is 23.1 Å². The van der Waals surface area contributed by atoms with E-state index in [4.69, 9.17) is 16.3 Å². The maximum absolute atomic E-state index is 16.4. The molecule has 0 radical (unpaired) electrons. The van der Waals surface area contributed by atoms with Crippen LogP contribution in [0.25, 0.3) is 11.1 Å². The van der Waals surface area contributed by atoms with E-state index in [0.717, 1.165) is 24.9 Å². The summed E-state index contributed by atoms with van der Waals surface area (Å²) in [4.78, 5) is 13.1. The number of ether oxygens (including phenoxy) is 1. The monoisotopic (exact) mass is 538 g/mol. The minimum absolute atomic E-state index is 0.0498. The second-order valence-electron chi connectivity index (χ2n) is 10.5. The van der Waals surface area contributed by atoms with Crippen LogP contribution in [0.15, 0.2) is 42.5 Å². The van der Waals surface area contributed by atoms with Gasteiger partial charge in [-0.15, -0.1) is 0 Å². The molecule has 0 bridgehead atoms. The molecule has 0 aromatic heterocycles. The highest BCUT2D eigenvalue weighted by molar-refractivity contribution is 6.34. The van der Waals surface area contributed by atoms with E-state index in [2.05, 4.69) is 10.6 Å². The standard InChI is InChI=1S/C30H29ClF2N2O3/c1-15-17-11-19(29(37)34-2)26(28(33)18(17)12-22(15)36)25-20-14-30(24-9-6-10-35-24,16-7-4-3-5-8-16)38-23(20)13-21(32)27(25)31/h3-5,7-8,11,13,15,22,24,35-36H,6,9-10,12,14H2,1-2H3,(H,34,37)/t15-,22-,24-,30-/m0/s1. The summed E-state index contributed by atoms with van der Waals surface area (Å²) < 4.78 is 38.5. The number of fused-ring (bicyclic) bond motifs is 2. The normalized spacial score (nSPS) is 25.7. The summed E-state index contributed by atoms with van der Waals surface area (Å²) in [5, 5.41) is 16.3. The van der Waals surface area contributed by atoms with Crippen LogP contribution in [0.2, 0.25) is 5.02 Å². The molecule has 1 aliphatic carbocycles. The third kappa shape index (κ3) is 3.67. The topological polar surface area (TPSA) is 70.6 Å². The van der Waals surface area contributed by atoms with Crippen molar-refractivity contribution in [1.29, 1.82) is 0 Å². The van der Waals surface area contributed by atoms with Crippen molar-refractivity contribution in [3.63, 3.8) is 0 Å². The lowest BCUT2D eigenvalue weighted by Crippen LogP contribution is -2.48. The summed E-state index contributed by atoms with van der Waals surface area (Å²) in [7, 11) is 1.46. The molecule has 1 amide bonds. The van der Waals surface area contributed by atoms with Crippen LogP contribution in [0.3, 0.4) is 0 Å². The summed E-state index contributed by atoms with van der Waals surface area (Å²) in [5.74, 6) is -1.98. The Morgan fingerprint density at radius 1 is 1.18 bits per heavy atom. The average Bonchev–Trinajstić information content (AvgIpc) is 3.65. The lowest BCUT2D eigenvalue weighted by Gasteiger charge is -2.35. The summed E-state index contributed by atoms with van der Waals surface area (Å²) >= 11 is 6.62. The molecule has 2 heterocycles. The van der Waals surface area contributed by atoms with Gasteiger partial charge in [0.1, 0.15) is 17.4 Å². The molecule has 6 rings (SSSR count). The van der Waals surface area contributed by atoms with Gasteiger partial charge in [0, 0.05) is 48.6 Å². The summed E-state index contributed by atoms with van der Waals surface area (Å²) in [6.07, 6.45) is 1.49. The molecule has 3 N–H and O–H groups in total. The highest BCUT2D eigenvalue weighted by atomic mass is 35.5. The molecule has 3 aromatic rings. The van der Waals surface area contributed by atoms with Gasteiger partial charge < -0.3 is 20.5 Å². The fraction of sp³-hybridized carbons (Fsp3) is 0.367. The van der Waals surface area contributed by atoms with Gasteiger partial charge in [-0.2, -0.15) is 0 Å². The van der Waals surface area contributed by atoms with Crippen LogP contribution < -0.4 is 15.4 Å². The number of rotatable bonds is 4. The lowest BCUT2D eigenvalue weighted by molar-refractivity contribution is 0.0539. The number of hydrogen-bond acceptors (Lipinski definition) is 4. The Morgan fingerprint density at radius 3 is 2.63 bits per heavy atom. The first-order valence-electron chi connectivity index (χ1n) is 13.0. The van der Waals surface area contributed by atoms with Crippen molar-refractivity contribution >= 4 is 17.5 Å². The quantitative estimate of drug-likeness (QED) is 0.424. The number of hydrogen-bond donors (Lipinski definition) is 3. The number of aliphatic hydroxyl groups excluding tert-OH is 1. The van der Waals surface area contributed by atoms with Crippen molar-refractivity contribution in [2.24, 2.45) is 0 Å². The van der Waals surface area contributed by atoms with Crippen LogP contribution in [0.4, 0.5) is 8.78 Å². The van der Waals surface area contributed by atoms with Crippen LogP contribution in [-0.4, -0.2) is 36.8 Å². The fourth-order valence-corrected chi connectivity index (χ4v) is 6.76. The van der Waals surface area contributed by atoms with Crippen molar-refractivity contribution in [3.8, 4) is 16.9 Å². The predicted octanol–water partition coefficient (Wildman–Crippen LogP) is 5.25. The maximum atomic E-state index is 16.4. The van der Waals surface area contributed by atoms with E-state index in [1.165, 1.54) is 13.1 Å². The molecular weight excluding hydrogens is 510 g/mol. The zero-order valence-corrected chi connectivity index (χ0v) is 22.0. The molecule has 8 heteroatoms. The van der Waals surface area contributed by atoms with Crippen molar-refractivity contribution in [3.05, 3.63) is 86.9 Å². The maximum Gasteiger partial charge on any atom is 0.251 e. The van der Waals surface area contributed by atoms with Gasteiger partial charge in [-0.1, -0.05) is 48.9 Å². The number of halogens is 3. The Bertz CT molecular complexity index is 1440. The molecule has 38 heavy (non-hydrogen) atoms. The Kier molecular flexibility index (Phi) is 6.21. The first kappa shape index (κ1) is 25.3. The minimum Gasteiger partial charge on any atom is -0.480 e. The van der Waals surface area contributed by atoms with E-state index >= 15 is 8.78 Å². The van der Waals surface area contributed by atoms with Crippen LogP contribution in [0, 0.1) is 11.6 Å². The third-order valence-corrected chi connectivity index (χ3v) is 8.88. The molecule has 0 unspecified atom stereocenters. The van der Waals surface area contributed by atoms with Crippen molar-refractivity contribution in [2.75, 3.05) is 13.6 Å². The van der Waals surface area contributed by atoms with Gasteiger partial charge in [0.15, 0.2) is 5.60 Å². The van der Waals surface area contributed by atoms with Crippen LogP contribution >= 0.6 is 11.6 Å². The van der Waals surface area contributed by atoms with Gasteiger partial charge in [0.2, 0.25) is 0 Å². The number of benzene rings is 3. The van der Waals surface area contributed by atoms with Gasteiger partial charge in [-0.05, 0) is 42.1 Å². The van der Waals surface area contributed by atoms with Gasteiger partial charge >= 0.3 is 0 Å². The number of carbonyl (C=O) groups excluding carboxylic acids is 1. The molecule has 5 nitrogen and oxygen atoms in total. The first-order valence-corrected chi connectivity index (χ1v) is 13.4. The van der Waals surface area contributed by atoms with Crippen molar-refractivity contribution in [2.45, 2.75) is 56.3 Å². The van der Waals surface area contributed by atoms with E-state index in [9.17, 15) is 9.90 Å². The van der Waals surface area contributed by atoms with Gasteiger partial charge in [0.05, 0.1) is 22.7 Å². The lowest BCUT2D eigenvalue weighted by atomic mass is 9.80. The predicted molar refractivity (Wildman–Crippen MR) is 142 cm³/mol. The zero-order valence-electron chi connectivity index (χ0n) is 21.2. The Hall–Kier alpha value is -3.00. The number of amides is 1. The molecule has 198 valence electrons. The summed E-state index contributed by atoms with van der Waals surface area (Å²) in [5.41, 5.74) is 1.66. The number of nitrogens with one attached hydrogen (secondary N) is 2. The van der Waals surface area contributed by atoms with Crippen molar-refractivity contribution in [1.82, 2.24) is 10.6 Å². The fourth-order valence-electron chi connectivity index (χ4n) is 6.50. The van der Waals surface area contributed by atoms with Crippen LogP contribution in [-0.2, 0) is 18.4 Å². The van der Waals surface area contributed by atoms with Gasteiger partial charge in [-0.3, -0.25) is 4.79 Å². The highest BCUT2D eigenvalue weighted by Crippen LogP contribution is 2.53. The van der Waals surface area contributed by atoms with E-state index in [-0.39, 0.29) is 45.8 Å².